The van der Waals surface area contributed by atoms with E-state index in [2.05, 4.69) is 10.1 Å². The number of amides is 1. The topological polar surface area (TPSA) is 111 Å². The number of rotatable bonds is 8. The van der Waals surface area contributed by atoms with E-state index in [4.69, 9.17) is 14.6 Å². The van der Waals surface area contributed by atoms with Crippen LogP contribution in [0.25, 0.3) is 0 Å². The Morgan fingerprint density at radius 2 is 2.11 bits per heavy atom. The zero-order valence-corrected chi connectivity index (χ0v) is 9.72. The van der Waals surface area contributed by atoms with Crippen molar-refractivity contribution in [3.05, 3.63) is 0 Å². The molecule has 0 radical (unpaired) electrons. The highest BCUT2D eigenvalue weighted by Gasteiger charge is 2.32. The standard InChI is InChI=1S/C10H15NO7/c12-3-4-16-5-6-17-8(13)2-1-7-9(14)18-10(15)11-7/h7,12H,1-6H2,(H,11,15)/t7-/m0/s1. The zero-order chi connectivity index (χ0) is 13.4. The molecule has 1 saturated heterocycles. The molecule has 0 unspecified atom stereocenters. The normalized spacial score (nSPS) is 18.4. The number of aliphatic hydroxyl groups excluding tert-OH is 1. The second-order valence-electron chi connectivity index (χ2n) is 3.50. The van der Waals surface area contributed by atoms with Crippen molar-refractivity contribution in [2.24, 2.45) is 0 Å². The quantitative estimate of drug-likeness (QED) is 0.326. The van der Waals surface area contributed by atoms with Crippen molar-refractivity contribution in [1.82, 2.24) is 5.32 Å². The Labute approximate surface area is 103 Å². The smallest absolute Gasteiger partial charge is 0.415 e. The number of nitrogens with one attached hydrogen (secondary N) is 1. The summed E-state index contributed by atoms with van der Waals surface area (Å²) in [5, 5.41) is 10.7. The van der Waals surface area contributed by atoms with Crippen LogP contribution in [0.5, 0.6) is 0 Å². The molecule has 0 bridgehead atoms. The maximum absolute atomic E-state index is 11.2. The predicted octanol–water partition coefficient (Wildman–Crippen LogP) is -1.05. The number of esters is 2. The van der Waals surface area contributed by atoms with Gasteiger partial charge in [-0.05, 0) is 6.42 Å². The van der Waals surface area contributed by atoms with Crippen molar-refractivity contribution in [2.75, 3.05) is 26.4 Å². The molecule has 1 rings (SSSR count). The molecule has 102 valence electrons. The maximum atomic E-state index is 11.2. The highest BCUT2D eigenvalue weighted by molar-refractivity contribution is 5.95. The average Bonchev–Trinajstić information content (AvgIpc) is 2.65. The van der Waals surface area contributed by atoms with E-state index in [1.807, 2.05) is 0 Å². The van der Waals surface area contributed by atoms with Crippen molar-refractivity contribution < 1.29 is 33.7 Å². The Balaban J connectivity index is 2.06. The molecule has 0 saturated carbocycles. The summed E-state index contributed by atoms with van der Waals surface area (Å²) >= 11 is 0. The van der Waals surface area contributed by atoms with Gasteiger partial charge in [0.2, 0.25) is 0 Å². The summed E-state index contributed by atoms with van der Waals surface area (Å²) in [5.74, 6) is -1.17. The second-order valence-corrected chi connectivity index (χ2v) is 3.50. The van der Waals surface area contributed by atoms with E-state index >= 15 is 0 Å². The third kappa shape index (κ3) is 5.11. The summed E-state index contributed by atoms with van der Waals surface area (Å²) in [6.45, 7) is 0.393. The first-order valence-corrected chi connectivity index (χ1v) is 5.50. The van der Waals surface area contributed by atoms with Gasteiger partial charge in [-0.1, -0.05) is 0 Å². The summed E-state index contributed by atoms with van der Waals surface area (Å²) in [5.41, 5.74) is 0. The van der Waals surface area contributed by atoms with Gasteiger partial charge < -0.3 is 24.6 Å². The van der Waals surface area contributed by atoms with Crippen LogP contribution in [0.2, 0.25) is 0 Å². The van der Waals surface area contributed by atoms with E-state index in [0.29, 0.717) is 0 Å². The van der Waals surface area contributed by atoms with Crippen LogP contribution in [-0.4, -0.2) is 55.6 Å². The lowest BCUT2D eigenvalue weighted by Crippen LogP contribution is -2.29. The number of hydrogen-bond acceptors (Lipinski definition) is 7. The molecule has 0 aliphatic carbocycles. The Bertz CT molecular complexity index is 317. The van der Waals surface area contributed by atoms with Gasteiger partial charge in [0.15, 0.2) is 0 Å². The first kappa shape index (κ1) is 14.4. The second kappa shape index (κ2) is 7.62. The molecule has 1 heterocycles. The van der Waals surface area contributed by atoms with Crippen molar-refractivity contribution in [2.45, 2.75) is 18.9 Å². The van der Waals surface area contributed by atoms with Crippen LogP contribution in [0.4, 0.5) is 4.79 Å². The fourth-order valence-electron chi connectivity index (χ4n) is 1.30. The van der Waals surface area contributed by atoms with Gasteiger partial charge in [-0.2, -0.15) is 0 Å². The van der Waals surface area contributed by atoms with Crippen LogP contribution in [0, 0.1) is 0 Å². The minimum Gasteiger partial charge on any atom is -0.463 e. The number of aliphatic hydroxyl groups is 1. The van der Waals surface area contributed by atoms with E-state index in [0.717, 1.165) is 0 Å². The number of carbonyl (C=O) groups is 3. The molecule has 18 heavy (non-hydrogen) atoms. The molecule has 2 N–H and O–H groups in total. The highest BCUT2D eigenvalue weighted by Crippen LogP contribution is 2.07. The molecule has 0 aromatic rings. The maximum Gasteiger partial charge on any atom is 0.415 e. The van der Waals surface area contributed by atoms with Gasteiger partial charge in [-0.15, -0.1) is 0 Å². The summed E-state index contributed by atoms with van der Waals surface area (Å²) in [4.78, 5) is 32.9. The van der Waals surface area contributed by atoms with Gasteiger partial charge in [0, 0.05) is 6.42 Å². The monoisotopic (exact) mass is 261 g/mol. The number of alkyl carbamates (subject to hydrolysis) is 1. The van der Waals surface area contributed by atoms with Gasteiger partial charge in [-0.3, -0.25) is 4.79 Å². The molecule has 0 aromatic heterocycles. The van der Waals surface area contributed by atoms with E-state index < -0.39 is 24.1 Å². The SMILES string of the molecule is O=C(CC[C@@H]1NC(=O)OC1=O)OCCOCCO. The van der Waals surface area contributed by atoms with Crippen molar-refractivity contribution >= 4 is 18.0 Å². The number of carbonyl (C=O) groups excluding carboxylic acids is 3. The fraction of sp³-hybridized carbons (Fsp3) is 0.700. The number of cyclic esters (lactones) is 2. The van der Waals surface area contributed by atoms with Crippen molar-refractivity contribution in [3.63, 3.8) is 0 Å². The largest absolute Gasteiger partial charge is 0.463 e. The van der Waals surface area contributed by atoms with Crippen LogP contribution in [0.15, 0.2) is 0 Å². The van der Waals surface area contributed by atoms with Gasteiger partial charge in [-0.25, -0.2) is 9.59 Å². The molecule has 0 aromatic carbocycles. The Morgan fingerprint density at radius 3 is 2.72 bits per heavy atom. The first-order valence-electron chi connectivity index (χ1n) is 5.50. The molecule has 1 atom stereocenters. The lowest BCUT2D eigenvalue weighted by molar-refractivity contribution is -0.145. The Hall–Kier alpha value is -1.67. The molecular weight excluding hydrogens is 246 g/mol. The molecule has 1 amide bonds. The Kier molecular flexibility index (Phi) is 6.09. The molecule has 1 fully saturated rings. The molecule has 8 heteroatoms. The lowest BCUT2D eigenvalue weighted by Gasteiger charge is -2.06. The Morgan fingerprint density at radius 1 is 1.33 bits per heavy atom. The summed E-state index contributed by atoms with van der Waals surface area (Å²) in [6.07, 6.45) is -0.656. The van der Waals surface area contributed by atoms with Crippen molar-refractivity contribution in [1.29, 1.82) is 0 Å². The van der Waals surface area contributed by atoms with E-state index in [9.17, 15) is 14.4 Å². The minimum atomic E-state index is -0.796. The van der Waals surface area contributed by atoms with Crippen LogP contribution >= 0.6 is 0 Å². The van der Waals surface area contributed by atoms with Crippen LogP contribution in [-0.2, 0) is 23.8 Å². The van der Waals surface area contributed by atoms with E-state index in [1.165, 1.54) is 0 Å². The fourth-order valence-corrected chi connectivity index (χ4v) is 1.30. The molecule has 0 spiro atoms. The van der Waals surface area contributed by atoms with Crippen LogP contribution < -0.4 is 5.32 Å². The first-order chi connectivity index (χ1) is 8.63. The van der Waals surface area contributed by atoms with E-state index in [1.54, 1.807) is 0 Å². The zero-order valence-electron chi connectivity index (χ0n) is 9.72. The van der Waals surface area contributed by atoms with Gasteiger partial charge in [0.25, 0.3) is 0 Å². The molecule has 8 nitrogen and oxygen atoms in total. The summed E-state index contributed by atoms with van der Waals surface area (Å²) in [7, 11) is 0. The number of hydrogen-bond donors (Lipinski definition) is 2. The highest BCUT2D eigenvalue weighted by atomic mass is 16.6. The third-order valence-corrected chi connectivity index (χ3v) is 2.13. The van der Waals surface area contributed by atoms with Gasteiger partial charge in [0.1, 0.15) is 12.6 Å². The van der Waals surface area contributed by atoms with Crippen molar-refractivity contribution in [3.8, 4) is 0 Å². The van der Waals surface area contributed by atoms with Gasteiger partial charge >= 0.3 is 18.0 Å². The number of ether oxygens (including phenoxy) is 3. The average molecular weight is 261 g/mol. The lowest BCUT2D eigenvalue weighted by atomic mass is 10.2. The third-order valence-electron chi connectivity index (χ3n) is 2.13. The summed E-state index contributed by atoms with van der Waals surface area (Å²) < 4.78 is 13.9. The predicted molar refractivity (Wildman–Crippen MR) is 56.5 cm³/mol. The summed E-state index contributed by atoms with van der Waals surface area (Å²) in [6, 6.07) is -0.782. The minimum absolute atomic E-state index is 0.0000463. The molecule has 1 aliphatic rings. The molecular formula is C10H15NO7. The molecule has 1 aliphatic heterocycles. The van der Waals surface area contributed by atoms with Crippen LogP contribution in [0.1, 0.15) is 12.8 Å². The van der Waals surface area contributed by atoms with E-state index in [-0.39, 0.29) is 39.3 Å². The van der Waals surface area contributed by atoms with Gasteiger partial charge in [0.05, 0.1) is 19.8 Å². The van der Waals surface area contributed by atoms with Crippen LogP contribution in [0.3, 0.4) is 0 Å².